The van der Waals surface area contributed by atoms with Gasteiger partial charge in [-0.3, -0.25) is 9.78 Å². The zero-order chi connectivity index (χ0) is 18.5. The van der Waals surface area contributed by atoms with Gasteiger partial charge in [-0.25, -0.2) is 13.4 Å². The van der Waals surface area contributed by atoms with Crippen molar-refractivity contribution in [1.82, 2.24) is 18.8 Å². The number of aryl methyl sites for hydroxylation is 2. The molecule has 0 amide bonds. The largest absolute Gasteiger partial charge is 0.302 e. The number of hydrogen-bond donors (Lipinski definition) is 0. The SMILES string of the molecule is Cc1cnc2c(S(=O)(=O)N3CCc4c(ncn(C)c4=O)C3)cccc2c1. The van der Waals surface area contributed by atoms with Crippen molar-refractivity contribution in [1.29, 1.82) is 0 Å². The molecule has 26 heavy (non-hydrogen) atoms. The van der Waals surface area contributed by atoms with Gasteiger partial charge in [0.2, 0.25) is 10.0 Å². The van der Waals surface area contributed by atoms with E-state index >= 15 is 0 Å². The second kappa shape index (κ2) is 6.00. The number of hydrogen-bond acceptors (Lipinski definition) is 5. The molecule has 8 heteroatoms. The van der Waals surface area contributed by atoms with Gasteiger partial charge < -0.3 is 4.57 Å². The molecule has 0 N–H and O–H groups in total. The number of para-hydroxylation sites is 1. The lowest BCUT2D eigenvalue weighted by Gasteiger charge is -2.27. The van der Waals surface area contributed by atoms with E-state index in [2.05, 4.69) is 9.97 Å². The number of fused-ring (bicyclic) bond motifs is 2. The van der Waals surface area contributed by atoms with Crippen LogP contribution in [0.2, 0.25) is 0 Å². The molecule has 0 saturated carbocycles. The first-order chi connectivity index (χ1) is 12.4. The average molecular weight is 370 g/mol. The summed E-state index contributed by atoms with van der Waals surface area (Å²) in [5.41, 5.74) is 2.43. The fourth-order valence-corrected chi connectivity index (χ4v) is 4.86. The zero-order valence-electron chi connectivity index (χ0n) is 14.5. The molecule has 0 unspecified atom stereocenters. The summed E-state index contributed by atoms with van der Waals surface area (Å²) in [6.07, 6.45) is 3.45. The fourth-order valence-electron chi connectivity index (χ4n) is 3.29. The van der Waals surface area contributed by atoms with E-state index < -0.39 is 10.0 Å². The Balaban J connectivity index is 1.79. The van der Waals surface area contributed by atoms with E-state index in [0.29, 0.717) is 23.2 Å². The van der Waals surface area contributed by atoms with Crippen LogP contribution in [0, 0.1) is 6.92 Å². The molecule has 1 aliphatic rings. The van der Waals surface area contributed by atoms with E-state index in [4.69, 9.17) is 0 Å². The van der Waals surface area contributed by atoms with Crippen molar-refractivity contribution < 1.29 is 8.42 Å². The second-order valence-corrected chi connectivity index (χ2v) is 8.42. The Hall–Kier alpha value is -2.58. The van der Waals surface area contributed by atoms with Crippen LogP contribution in [-0.4, -0.2) is 33.8 Å². The first-order valence-corrected chi connectivity index (χ1v) is 9.71. The maximum atomic E-state index is 13.2. The molecule has 0 aliphatic carbocycles. The van der Waals surface area contributed by atoms with E-state index in [1.807, 2.05) is 19.1 Å². The molecule has 3 aromatic rings. The fraction of sp³-hybridized carbons (Fsp3) is 0.278. The highest BCUT2D eigenvalue weighted by Crippen LogP contribution is 2.27. The Kier molecular flexibility index (Phi) is 3.89. The summed E-state index contributed by atoms with van der Waals surface area (Å²) in [7, 11) is -2.10. The smallest absolute Gasteiger partial charge is 0.256 e. The van der Waals surface area contributed by atoms with Crippen LogP contribution in [0.4, 0.5) is 0 Å². The van der Waals surface area contributed by atoms with Gasteiger partial charge in [0.1, 0.15) is 4.90 Å². The van der Waals surface area contributed by atoms with Gasteiger partial charge in [0.25, 0.3) is 5.56 Å². The normalized spacial score (nSPS) is 15.2. The molecular formula is C18H18N4O3S. The molecule has 0 spiro atoms. The highest BCUT2D eigenvalue weighted by atomic mass is 32.2. The van der Waals surface area contributed by atoms with E-state index in [-0.39, 0.29) is 23.5 Å². The van der Waals surface area contributed by atoms with Gasteiger partial charge >= 0.3 is 0 Å². The highest BCUT2D eigenvalue weighted by Gasteiger charge is 2.31. The summed E-state index contributed by atoms with van der Waals surface area (Å²) in [5.74, 6) is 0. The summed E-state index contributed by atoms with van der Waals surface area (Å²) < 4.78 is 29.2. The monoisotopic (exact) mass is 370 g/mol. The van der Waals surface area contributed by atoms with Crippen LogP contribution in [0.1, 0.15) is 16.8 Å². The quantitative estimate of drug-likeness (QED) is 0.680. The van der Waals surface area contributed by atoms with Crippen LogP contribution >= 0.6 is 0 Å². The van der Waals surface area contributed by atoms with Gasteiger partial charge in [0, 0.05) is 30.7 Å². The Morgan fingerprint density at radius 2 is 2.00 bits per heavy atom. The van der Waals surface area contributed by atoms with Gasteiger partial charge in [0.15, 0.2) is 0 Å². The number of benzene rings is 1. The van der Waals surface area contributed by atoms with Crippen molar-refractivity contribution in [2.45, 2.75) is 24.8 Å². The Morgan fingerprint density at radius 3 is 2.81 bits per heavy atom. The van der Waals surface area contributed by atoms with Crippen LogP contribution in [-0.2, 0) is 30.0 Å². The second-order valence-electron chi connectivity index (χ2n) is 6.52. The average Bonchev–Trinajstić information content (AvgIpc) is 2.63. The molecule has 134 valence electrons. The summed E-state index contributed by atoms with van der Waals surface area (Å²) in [5, 5.41) is 0.787. The first-order valence-electron chi connectivity index (χ1n) is 8.27. The van der Waals surface area contributed by atoms with Crippen LogP contribution in [0.3, 0.4) is 0 Å². The van der Waals surface area contributed by atoms with Crippen molar-refractivity contribution in [3.05, 3.63) is 64.0 Å². The molecule has 0 atom stereocenters. The summed E-state index contributed by atoms with van der Waals surface area (Å²) in [4.78, 5) is 21.0. The van der Waals surface area contributed by atoms with Gasteiger partial charge in [-0.2, -0.15) is 4.31 Å². The maximum Gasteiger partial charge on any atom is 0.256 e. The molecule has 7 nitrogen and oxygen atoms in total. The van der Waals surface area contributed by atoms with E-state index in [1.165, 1.54) is 15.2 Å². The van der Waals surface area contributed by atoms with Crippen molar-refractivity contribution in [3.8, 4) is 0 Å². The van der Waals surface area contributed by atoms with Crippen molar-refractivity contribution in [3.63, 3.8) is 0 Å². The first kappa shape index (κ1) is 16.9. The Labute approximate surface area is 151 Å². The molecule has 3 heterocycles. The van der Waals surface area contributed by atoms with Gasteiger partial charge in [-0.1, -0.05) is 12.1 Å². The molecule has 0 saturated heterocycles. The van der Waals surface area contributed by atoms with Gasteiger partial charge in [0.05, 0.1) is 24.1 Å². The van der Waals surface area contributed by atoms with Crippen molar-refractivity contribution in [2.24, 2.45) is 7.05 Å². The van der Waals surface area contributed by atoms with Gasteiger partial charge in [-0.15, -0.1) is 0 Å². The van der Waals surface area contributed by atoms with Crippen LogP contribution in [0.15, 0.2) is 46.5 Å². The molecule has 1 aliphatic heterocycles. The zero-order valence-corrected chi connectivity index (χ0v) is 15.3. The summed E-state index contributed by atoms with van der Waals surface area (Å²) >= 11 is 0. The standard InChI is InChI=1S/C18H18N4O3S/c1-12-8-13-4-3-5-16(17(13)19-9-12)26(24,25)22-7-6-14-15(10-22)20-11-21(2)18(14)23/h3-5,8-9,11H,6-7,10H2,1-2H3. The summed E-state index contributed by atoms with van der Waals surface area (Å²) in [6.45, 7) is 2.26. The molecular weight excluding hydrogens is 352 g/mol. The topological polar surface area (TPSA) is 85.2 Å². The third kappa shape index (κ3) is 2.62. The Morgan fingerprint density at radius 1 is 1.19 bits per heavy atom. The molecule has 2 aromatic heterocycles. The van der Waals surface area contributed by atoms with Gasteiger partial charge in [-0.05, 0) is 31.0 Å². The highest BCUT2D eigenvalue weighted by molar-refractivity contribution is 7.89. The summed E-state index contributed by atoms with van der Waals surface area (Å²) in [6, 6.07) is 7.07. The number of rotatable bonds is 2. The molecule has 1 aromatic carbocycles. The lowest BCUT2D eigenvalue weighted by molar-refractivity contribution is 0.382. The Bertz CT molecular complexity index is 1180. The third-order valence-corrected chi connectivity index (χ3v) is 6.56. The van der Waals surface area contributed by atoms with E-state index in [1.54, 1.807) is 25.4 Å². The van der Waals surface area contributed by atoms with E-state index in [9.17, 15) is 13.2 Å². The maximum absolute atomic E-state index is 13.2. The number of sulfonamides is 1. The lowest BCUT2D eigenvalue weighted by Crippen LogP contribution is -2.40. The van der Waals surface area contributed by atoms with E-state index in [0.717, 1.165) is 10.9 Å². The minimum atomic E-state index is -3.75. The van der Waals surface area contributed by atoms with Crippen molar-refractivity contribution in [2.75, 3.05) is 6.54 Å². The van der Waals surface area contributed by atoms with Crippen LogP contribution in [0.5, 0.6) is 0 Å². The lowest BCUT2D eigenvalue weighted by atomic mass is 10.1. The molecule has 0 radical (unpaired) electrons. The molecule has 0 bridgehead atoms. The minimum absolute atomic E-state index is 0.0932. The predicted molar refractivity (Wildman–Crippen MR) is 97.3 cm³/mol. The number of aromatic nitrogens is 3. The number of nitrogens with zero attached hydrogens (tertiary/aromatic N) is 4. The van der Waals surface area contributed by atoms with Crippen LogP contribution < -0.4 is 5.56 Å². The third-order valence-electron chi connectivity index (χ3n) is 4.68. The minimum Gasteiger partial charge on any atom is -0.302 e. The van der Waals surface area contributed by atoms with Crippen molar-refractivity contribution >= 4 is 20.9 Å². The van der Waals surface area contributed by atoms with Crippen LogP contribution in [0.25, 0.3) is 10.9 Å². The predicted octanol–water partition coefficient (Wildman–Crippen LogP) is 1.38. The molecule has 4 rings (SSSR count). The number of pyridine rings is 1. The molecule has 0 fully saturated rings.